The van der Waals surface area contributed by atoms with E-state index in [2.05, 4.69) is 22.3 Å². The number of hydrogen-bond acceptors (Lipinski definition) is 4. The Morgan fingerprint density at radius 1 is 1.04 bits per heavy atom. The van der Waals surface area contributed by atoms with Crippen LogP contribution in [0.25, 0.3) is 16.6 Å². The van der Waals surface area contributed by atoms with Crippen molar-refractivity contribution < 1.29 is 0 Å². The van der Waals surface area contributed by atoms with E-state index in [0.717, 1.165) is 33.0 Å². The van der Waals surface area contributed by atoms with E-state index in [0.29, 0.717) is 5.95 Å². The van der Waals surface area contributed by atoms with Crippen LogP contribution in [0.1, 0.15) is 24.4 Å². The molecule has 2 heterocycles. The molecule has 4 rings (SSSR count). The van der Waals surface area contributed by atoms with Gasteiger partial charge in [0.05, 0.1) is 11.6 Å². The zero-order valence-corrected chi connectivity index (χ0v) is 14.1. The van der Waals surface area contributed by atoms with E-state index in [1.165, 1.54) is 0 Å². The summed E-state index contributed by atoms with van der Waals surface area (Å²) in [5.74, 6) is 1.39. The van der Waals surface area contributed by atoms with Crippen LogP contribution in [-0.4, -0.2) is 19.6 Å². The number of nitrogens with one attached hydrogen (secondary N) is 1. The molecule has 1 atom stereocenters. The van der Waals surface area contributed by atoms with Gasteiger partial charge in [0.1, 0.15) is 5.82 Å². The van der Waals surface area contributed by atoms with Gasteiger partial charge in [-0.2, -0.15) is 4.52 Å². The number of para-hydroxylation sites is 1. The number of hydrogen-bond donors (Lipinski definition) is 1. The van der Waals surface area contributed by atoms with Crippen molar-refractivity contribution in [1.82, 2.24) is 19.6 Å². The zero-order valence-electron chi connectivity index (χ0n) is 13.4. The fraction of sp³-hybridized carbons (Fsp3) is 0.167. The number of rotatable bonds is 3. The van der Waals surface area contributed by atoms with Crippen LogP contribution in [0.2, 0.25) is 5.02 Å². The highest BCUT2D eigenvalue weighted by Crippen LogP contribution is 2.24. The third kappa shape index (κ3) is 2.57. The number of benzene rings is 2. The highest BCUT2D eigenvalue weighted by atomic mass is 35.5. The number of fused-ring (bicyclic) bond motifs is 3. The molecule has 6 heteroatoms. The van der Waals surface area contributed by atoms with Gasteiger partial charge in [-0.05, 0) is 43.7 Å². The maximum atomic E-state index is 5.97. The lowest BCUT2D eigenvalue weighted by molar-refractivity contribution is 0.825. The summed E-state index contributed by atoms with van der Waals surface area (Å²) >= 11 is 5.97. The minimum Gasteiger partial charge on any atom is -0.348 e. The van der Waals surface area contributed by atoms with E-state index < -0.39 is 0 Å². The van der Waals surface area contributed by atoms with Gasteiger partial charge in [0, 0.05) is 10.4 Å². The first-order valence-electron chi connectivity index (χ1n) is 7.76. The van der Waals surface area contributed by atoms with Gasteiger partial charge in [-0.25, -0.2) is 9.97 Å². The Hall–Kier alpha value is -2.66. The topological polar surface area (TPSA) is 55.1 Å². The second-order valence-corrected chi connectivity index (χ2v) is 6.20. The van der Waals surface area contributed by atoms with Gasteiger partial charge in [-0.15, -0.1) is 5.10 Å². The van der Waals surface area contributed by atoms with E-state index in [1.807, 2.05) is 55.5 Å². The van der Waals surface area contributed by atoms with Crippen molar-refractivity contribution in [3.8, 4) is 0 Å². The summed E-state index contributed by atoms with van der Waals surface area (Å²) in [6.45, 7) is 3.96. The molecule has 0 fully saturated rings. The average molecular weight is 338 g/mol. The number of nitrogens with zero attached hydrogens (tertiary/aromatic N) is 4. The smallest absolute Gasteiger partial charge is 0.226 e. The lowest BCUT2D eigenvalue weighted by atomic mass is 10.1. The van der Waals surface area contributed by atoms with E-state index in [9.17, 15) is 0 Å². The van der Waals surface area contributed by atoms with Gasteiger partial charge in [0.15, 0.2) is 5.65 Å². The van der Waals surface area contributed by atoms with Gasteiger partial charge in [0.2, 0.25) is 5.95 Å². The first-order chi connectivity index (χ1) is 11.6. The minimum absolute atomic E-state index is 0.0589. The molecule has 0 aliphatic heterocycles. The monoisotopic (exact) mass is 337 g/mol. The van der Waals surface area contributed by atoms with Crippen molar-refractivity contribution in [3.63, 3.8) is 0 Å². The fourth-order valence-corrected chi connectivity index (χ4v) is 2.91. The van der Waals surface area contributed by atoms with Crippen molar-refractivity contribution in [2.75, 3.05) is 5.32 Å². The SMILES string of the molecule is Cc1nc2c3ccccc3nc(NC(C)c3ccc(Cl)cc3)n2n1. The van der Waals surface area contributed by atoms with Gasteiger partial charge < -0.3 is 5.32 Å². The molecule has 0 aliphatic carbocycles. The van der Waals surface area contributed by atoms with E-state index in [4.69, 9.17) is 16.6 Å². The molecule has 0 bridgehead atoms. The Kier molecular flexibility index (Phi) is 3.58. The maximum absolute atomic E-state index is 5.97. The summed E-state index contributed by atoms with van der Waals surface area (Å²) < 4.78 is 1.77. The molecular weight excluding hydrogens is 322 g/mol. The predicted octanol–water partition coefficient (Wildman–Crippen LogP) is 4.41. The molecule has 0 spiro atoms. The molecule has 0 saturated heterocycles. The lowest BCUT2D eigenvalue weighted by Gasteiger charge is -2.16. The molecule has 2 aromatic heterocycles. The van der Waals surface area contributed by atoms with Crippen LogP contribution in [0, 0.1) is 6.92 Å². The Bertz CT molecular complexity index is 1020. The lowest BCUT2D eigenvalue weighted by Crippen LogP contribution is -2.12. The van der Waals surface area contributed by atoms with E-state index >= 15 is 0 Å². The van der Waals surface area contributed by atoms with Gasteiger partial charge in [-0.3, -0.25) is 0 Å². The summed E-state index contributed by atoms with van der Waals surface area (Å²) in [5.41, 5.74) is 2.83. The number of aromatic nitrogens is 4. The molecule has 0 aliphatic rings. The van der Waals surface area contributed by atoms with Gasteiger partial charge >= 0.3 is 0 Å². The van der Waals surface area contributed by atoms with Crippen LogP contribution >= 0.6 is 11.6 Å². The molecule has 5 nitrogen and oxygen atoms in total. The van der Waals surface area contributed by atoms with E-state index in [1.54, 1.807) is 4.52 Å². The molecule has 120 valence electrons. The van der Waals surface area contributed by atoms with Crippen molar-refractivity contribution in [2.24, 2.45) is 0 Å². The molecule has 0 saturated carbocycles. The number of aryl methyl sites for hydroxylation is 1. The third-order valence-electron chi connectivity index (χ3n) is 4.00. The minimum atomic E-state index is 0.0589. The molecule has 1 N–H and O–H groups in total. The van der Waals surface area contributed by atoms with Crippen LogP contribution < -0.4 is 5.32 Å². The predicted molar refractivity (Wildman–Crippen MR) is 96.5 cm³/mol. The molecule has 0 radical (unpaired) electrons. The second-order valence-electron chi connectivity index (χ2n) is 5.76. The van der Waals surface area contributed by atoms with Crippen LogP contribution in [0.15, 0.2) is 48.5 Å². The molecule has 2 aromatic carbocycles. The highest BCUT2D eigenvalue weighted by Gasteiger charge is 2.14. The van der Waals surface area contributed by atoms with Crippen molar-refractivity contribution >= 4 is 34.1 Å². The first kappa shape index (κ1) is 14.9. The normalized spacial score (nSPS) is 12.6. The highest BCUT2D eigenvalue weighted by molar-refractivity contribution is 6.30. The quantitative estimate of drug-likeness (QED) is 0.601. The van der Waals surface area contributed by atoms with Crippen LogP contribution in [-0.2, 0) is 0 Å². The summed E-state index contributed by atoms with van der Waals surface area (Å²) in [4.78, 5) is 9.27. The molecule has 0 amide bonds. The van der Waals surface area contributed by atoms with Crippen molar-refractivity contribution in [3.05, 3.63) is 64.9 Å². The van der Waals surface area contributed by atoms with E-state index in [-0.39, 0.29) is 6.04 Å². The third-order valence-corrected chi connectivity index (χ3v) is 4.25. The van der Waals surface area contributed by atoms with Crippen molar-refractivity contribution in [1.29, 1.82) is 0 Å². The maximum Gasteiger partial charge on any atom is 0.226 e. The Balaban J connectivity index is 1.81. The van der Waals surface area contributed by atoms with Crippen LogP contribution in [0.4, 0.5) is 5.95 Å². The van der Waals surface area contributed by atoms with Gasteiger partial charge in [-0.1, -0.05) is 35.9 Å². The Labute approximate surface area is 144 Å². The summed E-state index contributed by atoms with van der Waals surface area (Å²) in [5, 5.41) is 9.63. The molecular formula is C18H16ClN5. The van der Waals surface area contributed by atoms with Gasteiger partial charge in [0.25, 0.3) is 0 Å². The zero-order chi connectivity index (χ0) is 16.7. The number of anilines is 1. The summed E-state index contributed by atoms with van der Waals surface area (Å²) in [6, 6.07) is 15.8. The number of halogens is 1. The second kappa shape index (κ2) is 5.76. The standard InChI is InChI=1S/C18H16ClN5/c1-11(13-7-9-14(19)10-8-13)20-18-22-16-6-4-3-5-15(16)17-21-12(2)23-24(17)18/h3-11H,1-2H3,(H,20,22). The largest absolute Gasteiger partial charge is 0.348 e. The average Bonchev–Trinajstić information content (AvgIpc) is 2.97. The first-order valence-corrected chi connectivity index (χ1v) is 8.14. The molecule has 24 heavy (non-hydrogen) atoms. The molecule has 1 unspecified atom stereocenters. The van der Waals surface area contributed by atoms with Crippen LogP contribution in [0.5, 0.6) is 0 Å². The van der Waals surface area contributed by atoms with Crippen LogP contribution in [0.3, 0.4) is 0 Å². The van der Waals surface area contributed by atoms with Crippen molar-refractivity contribution in [2.45, 2.75) is 19.9 Å². The molecule has 4 aromatic rings. The Morgan fingerprint density at radius 3 is 2.58 bits per heavy atom. The summed E-state index contributed by atoms with van der Waals surface area (Å²) in [6.07, 6.45) is 0. The summed E-state index contributed by atoms with van der Waals surface area (Å²) in [7, 11) is 0. The Morgan fingerprint density at radius 2 is 1.79 bits per heavy atom. The fourth-order valence-electron chi connectivity index (χ4n) is 2.78.